The molecule has 14 heavy (non-hydrogen) atoms. The Hall–Kier alpha value is -0.610. The number of nitrogens with zero attached hydrogens (tertiary/aromatic N) is 2. The van der Waals surface area contributed by atoms with Gasteiger partial charge in [0.2, 0.25) is 5.91 Å². The van der Waals surface area contributed by atoms with E-state index in [1.807, 2.05) is 18.9 Å². The summed E-state index contributed by atoms with van der Waals surface area (Å²) in [6.45, 7) is 4.26. The smallest absolute Gasteiger partial charge is 0.236 e. The molecule has 2 aliphatic rings. The number of hydrogen-bond acceptors (Lipinski definition) is 3. The van der Waals surface area contributed by atoms with Gasteiger partial charge in [0.15, 0.2) is 0 Å². The van der Waals surface area contributed by atoms with Gasteiger partial charge in [0.25, 0.3) is 0 Å². The molecule has 2 rings (SSSR count). The Balaban J connectivity index is 1.73. The van der Waals surface area contributed by atoms with Crippen LogP contribution in [0, 0.1) is 0 Å². The predicted molar refractivity (Wildman–Crippen MR) is 54.8 cm³/mol. The lowest BCUT2D eigenvalue weighted by Crippen LogP contribution is -2.66. The highest BCUT2D eigenvalue weighted by molar-refractivity contribution is 5.78. The number of hydrogen-bond donors (Lipinski definition) is 1. The van der Waals surface area contributed by atoms with Crippen molar-refractivity contribution in [2.75, 3.05) is 26.7 Å². The Bertz CT molecular complexity index is 240. The van der Waals surface area contributed by atoms with Crippen molar-refractivity contribution in [2.24, 2.45) is 5.73 Å². The standard InChI is InChI=1S/C10H19N3O/c1-10(11)6-13(7-10)5-9(14)12(2)8-3-4-8/h8H,3-7,11H2,1-2H3. The molecule has 4 heteroatoms. The molecule has 0 unspecified atom stereocenters. The number of carbonyl (C=O) groups excluding carboxylic acids is 1. The summed E-state index contributed by atoms with van der Waals surface area (Å²) in [5.41, 5.74) is 5.80. The van der Waals surface area contributed by atoms with Crippen LogP contribution in [0.25, 0.3) is 0 Å². The topological polar surface area (TPSA) is 49.6 Å². The van der Waals surface area contributed by atoms with Gasteiger partial charge in [-0.1, -0.05) is 0 Å². The zero-order valence-electron chi connectivity index (χ0n) is 8.99. The van der Waals surface area contributed by atoms with E-state index >= 15 is 0 Å². The van der Waals surface area contributed by atoms with E-state index < -0.39 is 0 Å². The normalized spacial score (nSPS) is 25.6. The quantitative estimate of drug-likeness (QED) is 0.672. The van der Waals surface area contributed by atoms with Gasteiger partial charge in [-0.05, 0) is 19.8 Å². The van der Waals surface area contributed by atoms with E-state index in [-0.39, 0.29) is 11.4 Å². The van der Waals surface area contributed by atoms with E-state index in [1.54, 1.807) is 0 Å². The number of likely N-dealkylation sites (N-methyl/N-ethyl adjacent to an activating group) is 1. The monoisotopic (exact) mass is 197 g/mol. The molecule has 80 valence electrons. The fourth-order valence-electron chi connectivity index (χ4n) is 2.06. The van der Waals surface area contributed by atoms with Gasteiger partial charge in [0.05, 0.1) is 6.54 Å². The van der Waals surface area contributed by atoms with E-state index in [1.165, 1.54) is 12.8 Å². The van der Waals surface area contributed by atoms with Crippen molar-refractivity contribution in [1.29, 1.82) is 0 Å². The second-order valence-electron chi connectivity index (χ2n) is 5.04. The van der Waals surface area contributed by atoms with Crippen molar-refractivity contribution in [3.05, 3.63) is 0 Å². The largest absolute Gasteiger partial charge is 0.342 e. The first kappa shape index (κ1) is 9.93. The van der Waals surface area contributed by atoms with Crippen LogP contribution in [0.3, 0.4) is 0 Å². The Morgan fingerprint density at radius 2 is 2.14 bits per heavy atom. The summed E-state index contributed by atoms with van der Waals surface area (Å²) in [6.07, 6.45) is 2.35. The fourth-order valence-corrected chi connectivity index (χ4v) is 2.06. The Kier molecular flexibility index (Phi) is 2.27. The predicted octanol–water partition coefficient (Wildman–Crippen LogP) is -0.360. The molecule has 0 aromatic heterocycles. The van der Waals surface area contributed by atoms with Gasteiger partial charge in [-0.15, -0.1) is 0 Å². The zero-order chi connectivity index (χ0) is 10.3. The van der Waals surface area contributed by atoms with Crippen LogP contribution in [-0.4, -0.2) is 54.0 Å². The number of carbonyl (C=O) groups is 1. The molecule has 1 amide bonds. The van der Waals surface area contributed by atoms with Crippen molar-refractivity contribution in [1.82, 2.24) is 9.80 Å². The number of amides is 1. The molecular formula is C10H19N3O. The molecule has 0 spiro atoms. The molecule has 2 N–H and O–H groups in total. The lowest BCUT2D eigenvalue weighted by molar-refractivity contribution is -0.133. The minimum Gasteiger partial charge on any atom is -0.342 e. The first-order valence-corrected chi connectivity index (χ1v) is 5.25. The van der Waals surface area contributed by atoms with Crippen LogP contribution < -0.4 is 5.73 Å². The average molecular weight is 197 g/mol. The van der Waals surface area contributed by atoms with Crippen LogP contribution in [0.1, 0.15) is 19.8 Å². The minimum atomic E-state index is -0.0710. The maximum absolute atomic E-state index is 11.7. The van der Waals surface area contributed by atoms with Crippen molar-refractivity contribution >= 4 is 5.91 Å². The Labute approximate surface area is 85.0 Å². The lowest BCUT2D eigenvalue weighted by atomic mass is 9.94. The molecule has 0 bridgehead atoms. The highest BCUT2D eigenvalue weighted by Crippen LogP contribution is 2.26. The van der Waals surface area contributed by atoms with Crippen molar-refractivity contribution in [3.8, 4) is 0 Å². The molecule has 1 aliphatic heterocycles. The molecule has 1 heterocycles. The summed E-state index contributed by atoms with van der Waals surface area (Å²) in [5, 5.41) is 0. The molecule has 0 atom stereocenters. The maximum atomic E-state index is 11.7. The summed E-state index contributed by atoms with van der Waals surface area (Å²) in [7, 11) is 1.90. The molecule has 0 radical (unpaired) electrons. The summed E-state index contributed by atoms with van der Waals surface area (Å²) < 4.78 is 0. The highest BCUT2D eigenvalue weighted by Gasteiger charge is 2.37. The number of nitrogens with two attached hydrogens (primary N) is 1. The molecule has 2 fully saturated rings. The van der Waals surface area contributed by atoms with E-state index in [9.17, 15) is 4.79 Å². The Morgan fingerprint density at radius 1 is 1.57 bits per heavy atom. The van der Waals surface area contributed by atoms with E-state index in [4.69, 9.17) is 5.73 Å². The van der Waals surface area contributed by atoms with Crippen molar-refractivity contribution in [2.45, 2.75) is 31.3 Å². The third-order valence-electron chi connectivity index (χ3n) is 3.02. The summed E-state index contributed by atoms with van der Waals surface area (Å²) >= 11 is 0. The van der Waals surface area contributed by atoms with E-state index in [0.717, 1.165) is 13.1 Å². The first-order chi connectivity index (χ1) is 6.48. The SMILES string of the molecule is CN(C(=O)CN1CC(C)(N)C1)C1CC1. The van der Waals surface area contributed by atoms with Gasteiger partial charge >= 0.3 is 0 Å². The Morgan fingerprint density at radius 3 is 2.57 bits per heavy atom. The van der Waals surface area contributed by atoms with Gasteiger partial charge < -0.3 is 10.6 Å². The molecule has 1 aliphatic carbocycles. The third kappa shape index (κ3) is 2.07. The van der Waals surface area contributed by atoms with Crippen LogP contribution in [0.2, 0.25) is 0 Å². The van der Waals surface area contributed by atoms with E-state index in [0.29, 0.717) is 12.6 Å². The van der Waals surface area contributed by atoms with Crippen molar-refractivity contribution < 1.29 is 4.79 Å². The summed E-state index contributed by atoms with van der Waals surface area (Å²) in [4.78, 5) is 15.7. The van der Waals surface area contributed by atoms with Crippen LogP contribution in [0.4, 0.5) is 0 Å². The number of rotatable bonds is 3. The molecule has 1 saturated heterocycles. The molecular weight excluding hydrogens is 178 g/mol. The minimum absolute atomic E-state index is 0.0710. The van der Waals surface area contributed by atoms with Crippen LogP contribution >= 0.6 is 0 Å². The molecule has 4 nitrogen and oxygen atoms in total. The fraction of sp³-hybridized carbons (Fsp3) is 0.900. The van der Waals surface area contributed by atoms with Crippen LogP contribution in [0.5, 0.6) is 0 Å². The third-order valence-corrected chi connectivity index (χ3v) is 3.02. The first-order valence-electron chi connectivity index (χ1n) is 5.25. The molecule has 0 aromatic rings. The lowest BCUT2D eigenvalue weighted by Gasteiger charge is -2.45. The molecule has 0 aromatic carbocycles. The van der Waals surface area contributed by atoms with Crippen LogP contribution in [-0.2, 0) is 4.79 Å². The summed E-state index contributed by atoms with van der Waals surface area (Å²) in [5.74, 6) is 0.239. The molecule has 1 saturated carbocycles. The highest BCUT2D eigenvalue weighted by atomic mass is 16.2. The van der Waals surface area contributed by atoms with Gasteiger partial charge in [0.1, 0.15) is 0 Å². The van der Waals surface area contributed by atoms with Gasteiger partial charge in [0, 0.05) is 31.7 Å². The average Bonchev–Trinajstić information content (AvgIpc) is 2.81. The van der Waals surface area contributed by atoms with Gasteiger partial charge in [-0.3, -0.25) is 9.69 Å². The van der Waals surface area contributed by atoms with E-state index in [2.05, 4.69) is 4.90 Å². The maximum Gasteiger partial charge on any atom is 0.236 e. The van der Waals surface area contributed by atoms with Gasteiger partial charge in [-0.25, -0.2) is 0 Å². The zero-order valence-corrected chi connectivity index (χ0v) is 8.99. The summed E-state index contributed by atoms with van der Waals surface area (Å²) in [6, 6.07) is 0.521. The van der Waals surface area contributed by atoms with Gasteiger partial charge in [-0.2, -0.15) is 0 Å². The van der Waals surface area contributed by atoms with Crippen molar-refractivity contribution in [3.63, 3.8) is 0 Å². The number of likely N-dealkylation sites (tertiary alicyclic amines) is 1. The van der Waals surface area contributed by atoms with Crippen LogP contribution in [0.15, 0.2) is 0 Å². The second kappa shape index (κ2) is 3.21. The second-order valence-corrected chi connectivity index (χ2v) is 5.04.